The van der Waals surface area contributed by atoms with Gasteiger partial charge in [0.25, 0.3) is 0 Å². The molecule has 1 aromatic carbocycles. The highest BCUT2D eigenvalue weighted by atomic mass is 16.3. The van der Waals surface area contributed by atoms with Gasteiger partial charge in [0.05, 0.1) is 5.60 Å². The van der Waals surface area contributed by atoms with Gasteiger partial charge in [-0.05, 0) is 37.5 Å². The number of aromatic nitrogens is 2. The van der Waals surface area contributed by atoms with Crippen LogP contribution in [0, 0.1) is 6.92 Å². The van der Waals surface area contributed by atoms with Crippen molar-refractivity contribution in [2.45, 2.75) is 31.8 Å². The molecule has 17 heavy (non-hydrogen) atoms. The molecule has 1 aliphatic carbocycles. The van der Waals surface area contributed by atoms with Crippen molar-refractivity contribution in [1.29, 1.82) is 0 Å². The van der Waals surface area contributed by atoms with Gasteiger partial charge in [-0.25, -0.2) is 4.98 Å². The normalized spacial score (nSPS) is 17.1. The summed E-state index contributed by atoms with van der Waals surface area (Å²) in [7, 11) is 0. The van der Waals surface area contributed by atoms with Gasteiger partial charge in [0, 0.05) is 24.5 Å². The van der Waals surface area contributed by atoms with E-state index in [2.05, 4.69) is 33.8 Å². The number of benzene rings is 1. The maximum atomic E-state index is 9.86. The van der Waals surface area contributed by atoms with Crippen LogP contribution in [0.2, 0.25) is 0 Å². The molecule has 3 nitrogen and oxygen atoms in total. The first-order valence-electron chi connectivity index (χ1n) is 5.98. The summed E-state index contributed by atoms with van der Waals surface area (Å²) < 4.78 is 2.05. The molecular formula is C14H16N2O. The maximum Gasteiger partial charge on any atom is 0.110 e. The second-order valence-electron chi connectivity index (χ2n) is 4.91. The standard InChI is InChI=1S/C14H16N2O/c1-11-15-8-9-16(11)13-4-2-12(3-5-13)10-14(17)6-7-14/h2-5,8-9,17H,6-7,10H2,1H3. The Hall–Kier alpha value is -1.61. The summed E-state index contributed by atoms with van der Waals surface area (Å²) in [6, 6.07) is 8.33. The van der Waals surface area contributed by atoms with Crippen LogP contribution in [0.3, 0.4) is 0 Å². The summed E-state index contributed by atoms with van der Waals surface area (Å²) in [5.74, 6) is 0.985. The van der Waals surface area contributed by atoms with Crippen LogP contribution in [0.1, 0.15) is 24.2 Å². The average Bonchev–Trinajstić information content (AvgIpc) is 2.87. The van der Waals surface area contributed by atoms with Crippen molar-refractivity contribution in [3.63, 3.8) is 0 Å². The van der Waals surface area contributed by atoms with Gasteiger partial charge < -0.3 is 9.67 Å². The van der Waals surface area contributed by atoms with E-state index in [9.17, 15) is 5.11 Å². The monoisotopic (exact) mass is 228 g/mol. The lowest BCUT2D eigenvalue weighted by molar-refractivity contribution is 0.151. The molecule has 1 fully saturated rings. The average molecular weight is 228 g/mol. The van der Waals surface area contributed by atoms with Crippen LogP contribution < -0.4 is 0 Å². The zero-order valence-corrected chi connectivity index (χ0v) is 9.93. The first-order valence-corrected chi connectivity index (χ1v) is 5.98. The summed E-state index contributed by atoms with van der Waals surface area (Å²) in [5.41, 5.74) is 1.91. The van der Waals surface area contributed by atoms with Crippen LogP contribution >= 0.6 is 0 Å². The van der Waals surface area contributed by atoms with E-state index in [-0.39, 0.29) is 0 Å². The lowest BCUT2D eigenvalue weighted by atomic mass is 10.1. The predicted molar refractivity (Wildman–Crippen MR) is 66.2 cm³/mol. The Balaban J connectivity index is 1.83. The highest BCUT2D eigenvalue weighted by molar-refractivity contribution is 5.36. The number of imidazole rings is 1. The van der Waals surface area contributed by atoms with Gasteiger partial charge in [-0.2, -0.15) is 0 Å². The molecule has 1 N–H and O–H groups in total. The molecule has 0 unspecified atom stereocenters. The first kappa shape index (κ1) is 10.5. The number of hydrogen-bond acceptors (Lipinski definition) is 2. The van der Waals surface area contributed by atoms with E-state index < -0.39 is 5.60 Å². The molecule has 1 saturated carbocycles. The fourth-order valence-electron chi connectivity index (χ4n) is 2.13. The molecule has 3 heteroatoms. The third-order valence-electron chi connectivity index (χ3n) is 3.40. The molecule has 0 spiro atoms. The number of rotatable bonds is 3. The van der Waals surface area contributed by atoms with Crippen LogP contribution in [0.25, 0.3) is 5.69 Å². The lowest BCUT2D eigenvalue weighted by Gasteiger charge is -2.09. The number of aryl methyl sites for hydroxylation is 1. The van der Waals surface area contributed by atoms with Crippen LogP contribution in [0.5, 0.6) is 0 Å². The summed E-state index contributed by atoms with van der Waals surface area (Å²) in [6.45, 7) is 1.99. The SMILES string of the molecule is Cc1nccn1-c1ccc(CC2(O)CC2)cc1. The zero-order valence-electron chi connectivity index (χ0n) is 9.93. The minimum absolute atomic E-state index is 0.410. The van der Waals surface area contributed by atoms with Gasteiger partial charge in [0.2, 0.25) is 0 Å². The van der Waals surface area contributed by atoms with Gasteiger partial charge in [-0.3, -0.25) is 0 Å². The predicted octanol–water partition coefficient (Wildman–Crippen LogP) is 2.25. The smallest absolute Gasteiger partial charge is 0.110 e. The molecule has 1 aromatic heterocycles. The molecule has 88 valence electrons. The lowest BCUT2D eigenvalue weighted by Crippen LogP contribution is -2.10. The maximum absolute atomic E-state index is 9.86. The summed E-state index contributed by atoms with van der Waals surface area (Å²) in [5, 5.41) is 9.86. The largest absolute Gasteiger partial charge is 0.390 e. The Morgan fingerprint density at radius 2 is 2.00 bits per heavy atom. The fourth-order valence-corrected chi connectivity index (χ4v) is 2.13. The number of nitrogens with zero attached hydrogens (tertiary/aromatic N) is 2. The van der Waals surface area contributed by atoms with Crippen molar-refractivity contribution >= 4 is 0 Å². The Morgan fingerprint density at radius 1 is 1.29 bits per heavy atom. The van der Waals surface area contributed by atoms with E-state index in [0.717, 1.165) is 30.8 Å². The van der Waals surface area contributed by atoms with Crippen molar-refractivity contribution in [3.8, 4) is 5.69 Å². The van der Waals surface area contributed by atoms with Gasteiger partial charge in [-0.1, -0.05) is 12.1 Å². The van der Waals surface area contributed by atoms with E-state index in [1.54, 1.807) is 6.20 Å². The fraction of sp³-hybridized carbons (Fsp3) is 0.357. The van der Waals surface area contributed by atoms with Gasteiger partial charge in [-0.15, -0.1) is 0 Å². The van der Waals surface area contributed by atoms with Crippen molar-refractivity contribution in [2.24, 2.45) is 0 Å². The molecule has 0 atom stereocenters. The molecule has 3 rings (SSSR count). The molecule has 2 aromatic rings. The van der Waals surface area contributed by atoms with E-state index in [0.29, 0.717) is 0 Å². The number of aliphatic hydroxyl groups is 1. The van der Waals surface area contributed by atoms with Gasteiger partial charge in [0.1, 0.15) is 5.82 Å². The molecular weight excluding hydrogens is 212 g/mol. The van der Waals surface area contributed by atoms with Gasteiger partial charge >= 0.3 is 0 Å². The van der Waals surface area contributed by atoms with Crippen LogP contribution in [-0.4, -0.2) is 20.3 Å². The van der Waals surface area contributed by atoms with Crippen LogP contribution in [0.4, 0.5) is 0 Å². The summed E-state index contributed by atoms with van der Waals surface area (Å²) in [4.78, 5) is 4.21. The molecule has 0 aliphatic heterocycles. The minimum atomic E-state index is -0.410. The molecule has 1 heterocycles. The molecule has 0 saturated heterocycles. The third kappa shape index (κ3) is 2.11. The highest BCUT2D eigenvalue weighted by Gasteiger charge is 2.39. The Labute approximate surface area is 101 Å². The Bertz CT molecular complexity index is 523. The summed E-state index contributed by atoms with van der Waals surface area (Å²) in [6.07, 6.45) is 6.41. The van der Waals surface area contributed by atoms with E-state index in [1.807, 2.05) is 13.1 Å². The van der Waals surface area contributed by atoms with Gasteiger partial charge in [0.15, 0.2) is 0 Å². The number of hydrogen-bond donors (Lipinski definition) is 1. The van der Waals surface area contributed by atoms with Crippen molar-refractivity contribution in [3.05, 3.63) is 48.0 Å². The van der Waals surface area contributed by atoms with E-state index in [4.69, 9.17) is 0 Å². The molecule has 1 aliphatic rings. The molecule has 0 bridgehead atoms. The second kappa shape index (κ2) is 3.70. The minimum Gasteiger partial charge on any atom is -0.390 e. The van der Waals surface area contributed by atoms with E-state index in [1.165, 1.54) is 5.56 Å². The van der Waals surface area contributed by atoms with Crippen LogP contribution in [-0.2, 0) is 6.42 Å². The quantitative estimate of drug-likeness (QED) is 0.875. The Morgan fingerprint density at radius 3 is 2.53 bits per heavy atom. The third-order valence-corrected chi connectivity index (χ3v) is 3.40. The van der Waals surface area contributed by atoms with E-state index >= 15 is 0 Å². The van der Waals surface area contributed by atoms with Crippen molar-refractivity contribution < 1.29 is 5.11 Å². The molecule has 0 amide bonds. The first-order chi connectivity index (χ1) is 8.16. The highest BCUT2D eigenvalue weighted by Crippen LogP contribution is 2.38. The zero-order chi connectivity index (χ0) is 11.9. The Kier molecular flexibility index (Phi) is 2.30. The van der Waals surface area contributed by atoms with Crippen molar-refractivity contribution in [1.82, 2.24) is 9.55 Å². The topological polar surface area (TPSA) is 38.0 Å². The summed E-state index contributed by atoms with van der Waals surface area (Å²) >= 11 is 0. The van der Waals surface area contributed by atoms with Crippen molar-refractivity contribution in [2.75, 3.05) is 0 Å². The second-order valence-corrected chi connectivity index (χ2v) is 4.91. The van der Waals surface area contributed by atoms with Crippen LogP contribution in [0.15, 0.2) is 36.7 Å². The molecule has 0 radical (unpaired) electrons.